The van der Waals surface area contributed by atoms with Crippen LogP contribution < -0.4 is 5.32 Å². The van der Waals surface area contributed by atoms with Crippen molar-refractivity contribution in [3.8, 4) is 11.5 Å². The van der Waals surface area contributed by atoms with E-state index in [4.69, 9.17) is 4.52 Å². The monoisotopic (exact) mass is 247 g/mol. The first-order chi connectivity index (χ1) is 8.72. The third-order valence-electron chi connectivity index (χ3n) is 2.85. The van der Waals surface area contributed by atoms with Gasteiger partial charge in [0.05, 0.1) is 12.1 Å². The van der Waals surface area contributed by atoms with Crippen LogP contribution in [-0.4, -0.2) is 37.9 Å². The van der Waals surface area contributed by atoms with Gasteiger partial charge in [0, 0.05) is 12.7 Å². The quantitative estimate of drug-likeness (QED) is 0.784. The molecule has 0 saturated carbocycles. The van der Waals surface area contributed by atoms with Gasteiger partial charge in [-0.05, 0) is 19.4 Å². The predicted octanol–water partition coefficient (Wildman–Crippen LogP) is 0.230. The van der Waals surface area contributed by atoms with Gasteiger partial charge in [-0.1, -0.05) is 5.16 Å². The van der Waals surface area contributed by atoms with Crippen molar-refractivity contribution in [3.63, 3.8) is 0 Å². The van der Waals surface area contributed by atoms with Gasteiger partial charge >= 0.3 is 0 Å². The van der Waals surface area contributed by atoms with Crippen LogP contribution in [0.1, 0.15) is 24.2 Å². The summed E-state index contributed by atoms with van der Waals surface area (Å²) in [6, 6.07) is 1.66. The fourth-order valence-corrected chi connectivity index (χ4v) is 1.97. The maximum Gasteiger partial charge on any atom is 0.244 e. The van der Waals surface area contributed by atoms with Gasteiger partial charge < -0.3 is 14.9 Å². The van der Waals surface area contributed by atoms with Gasteiger partial charge in [-0.3, -0.25) is 0 Å². The molecule has 1 saturated heterocycles. The molecular formula is C11H13N5O2. The summed E-state index contributed by atoms with van der Waals surface area (Å²) in [4.78, 5) is 12.5. The molecule has 7 heteroatoms. The van der Waals surface area contributed by atoms with Crippen molar-refractivity contribution in [3.05, 3.63) is 24.0 Å². The Hall–Kier alpha value is -1.86. The second-order valence-electron chi connectivity index (χ2n) is 4.30. The number of rotatable bonds is 2. The third kappa shape index (κ3) is 2.09. The van der Waals surface area contributed by atoms with Crippen LogP contribution in [0.25, 0.3) is 11.5 Å². The second-order valence-corrected chi connectivity index (χ2v) is 4.30. The molecule has 0 spiro atoms. The van der Waals surface area contributed by atoms with Gasteiger partial charge in [-0.15, -0.1) is 0 Å². The number of hydrogen-bond donors (Lipinski definition) is 2. The van der Waals surface area contributed by atoms with Crippen LogP contribution in [-0.2, 0) is 0 Å². The molecule has 3 heterocycles. The highest BCUT2D eigenvalue weighted by Gasteiger charge is 2.28. The Morgan fingerprint density at radius 1 is 1.44 bits per heavy atom. The van der Waals surface area contributed by atoms with Crippen molar-refractivity contribution in [2.75, 3.05) is 6.54 Å². The number of β-amino-alcohol motifs (C(OH)–C–C–N with tert-alkyl or cyclic N) is 1. The molecule has 2 aromatic heterocycles. The Balaban J connectivity index is 1.85. The Bertz CT molecular complexity index is 556. The molecule has 2 aromatic rings. The molecule has 94 valence electrons. The minimum absolute atomic E-state index is 0.0795. The smallest absolute Gasteiger partial charge is 0.244 e. The molecule has 2 atom stereocenters. The number of aryl methyl sites for hydroxylation is 1. The minimum atomic E-state index is -0.355. The van der Waals surface area contributed by atoms with Crippen LogP contribution in [0.2, 0.25) is 0 Å². The summed E-state index contributed by atoms with van der Waals surface area (Å²) >= 11 is 0. The van der Waals surface area contributed by atoms with E-state index < -0.39 is 0 Å². The number of nitrogens with one attached hydrogen (secondary N) is 1. The van der Waals surface area contributed by atoms with Crippen LogP contribution in [0.4, 0.5) is 0 Å². The third-order valence-corrected chi connectivity index (χ3v) is 2.85. The van der Waals surface area contributed by atoms with E-state index in [2.05, 4.69) is 25.4 Å². The van der Waals surface area contributed by atoms with Gasteiger partial charge in [0.1, 0.15) is 11.5 Å². The van der Waals surface area contributed by atoms with Crippen LogP contribution in [0, 0.1) is 6.92 Å². The molecule has 18 heavy (non-hydrogen) atoms. The molecule has 1 aliphatic heterocycles. The second kappa shape index (κ2) is 4.43. The van der Waals surface area contributed by atoms with Crippen molar-refractivity contribution in [1.82, 2.24) is 25.4 Å². The number of nitrogens with zero attached hydrogens (tertiary/aromatic N) is 4. The SMILES string of the molecule is Cc1nccc(-c2noc([C@H]3C[C@H](O)CN3)n2)n1. The van der Waals surface area contributed by atoms with Crippen molar-refractivity contribution in [1.29, 1.82) is 0 Å². The van der Waals surface area contributed by atoms with Gasteiger partial charge in [-0.25, -0.2) is 9.97 Å². The Morgan fingerprint density at radius 2 is 2.33 bits per heavy atom. The number of aliphatic hydroxyl groups is 1. The van der Waals surface area contributed by atoms with Gasteiger partial charge in [0.25, 0.3) is 0 Å². The highest BCUT2D eigenvalue weighted by molar-refractivity contribution is 5.47. The van der Waals surface area contributed by atoms with Crippen molar-refractivity contribution in [2.24, 2.45) is 0 Å². The first-order valence-corrected chi connectivity index (χ1v) is 5.77. The summed E-state index contributed by atoms with van der Waals surface area (Å²) in [7, 11) is 0. The lowest BCUT2D eigenvalue weighted by Gasteiger charge is -2.01. The van der Waals surface area contributed by atoms with Crippen molar-refractivity contribution >= 4 is 0 Å². The summed E-state index contributed by atoms with van der Waals surface area (Å²) in [5.41, 5.74) is 0.635. The molecule has 1 fully saturated rings. The number of hydrogen-bond acceptors (Lipinski definition) is 7. The zero-order valence-electron chi connectivity index (χ0n) is 9.87. The minimum Gasteiger partial charge on any atom is -0.392 e. The average Bonchev–Trinajstić information content (AvgIpc) is 2.97. The molecular weight excluding hydrogens is 234 g/mol. The number of aromatic nitrogens is 4. The van der Waals surface area contributed by atoms with Gasteiger partial charge in [0.2, 0.25) is 11.7 Å². The predicted molar refractivity (Wildman–Crippen MR) is 61.4 cm³/mol. The molecule has 0 aromatic carbocycles. The summed E-state index contributed by atoms with van der Waals surface area (Å²) < 4.78 is 5.20. The van der Waals surface area contributed by atoms with E-state index in [9.17, 15) is 5.11 Å². The van der Waals surface area contributed by atoms with Crippen molar-refractivity contribution < 1.29 is 9.63 Å². The standard InChI is InChI=1S/C11H13N5O2/c1-6-12-3-2-8(14-6)10-15-11(18-16-10)9-4-7(17)5-13-9/h2-3,7,9,13,17H,4-5H2,1H3/t7-,9+/m0/s1. The fraction of sp³-hybridized carbons (Fsp3) is 0.455. The van der Waals surface area contributed by atoms with E-state index in [0.29, 0.717) is 36.2 Å². The molecule has 0 unspecified atom stereocenters. The molecule has 1 aliphatic rings. The maximum atomic E-state index is 9.45. The van der Waals surface area contributed by atoms with Gasteiger partial charge in [0.15, 0.2) is 0 Å². The van der Waals surface area contributed by atoms with E-state index in [1.54, 1.807) is 19.2 Å². The summed E-state index contributed by atoms with van der Waals surface area (Å²) in [5, 5.41) is 16.5. The van der Waals surface area contributed by atoms with Crippen LogP contribution in [0.15, 0.2) is 16.8 Å². The molecule has 0 amide bonds. The van der Waals surface area contributed by atoms with E-state index in [1.165, 1.54) is 0 Å². The molecule has 3 rings (SSSR count). The van der Waals surface area contributed by atoms with E-state index in [1.807, 2.05) is 0 Å². The largest absolute Gasteiger partial charge is 0.392 e. The maximum absolute atomic E-state index is 9.45. The topological polar surface area (TPSA) is 97.0 Å². The van der Waals surface area contributed by atoms with Crippen LogP contribution >= 0.6 is 0 Å². The summed E-state index contributed by atoms with van der Waals surface area (Å²) in [5.74, 6) is 1.59. The number of aliphatic hydroxyl groups excluding tert-OH is 1. The molecule has 0 aliphatic carbocycles. The molecule has 2 N–H and O–H groups in total. The Morgan fingerprint density at radius 3 is 3.06 bits per heavy atom. The van der Waals surface area contributed by atoms with Crippen molar-refractivity contribution in [2.45, 2.75) is 25.5 Å². The van der Waals surface area contributed by atoms with E-state index in [-0.39, 0.29) is 12.1 Å². The summed E-state index contributed by atoms with van der Waals surface area (Å²) in [6.07, 6.45) is 1.89. The highest BCUT2D eigenvalue weighted by atomic mass is 16.5. The highest BCUT2D eigenvalue weighted by Crippen LogP contribution is 2.23. The van der Waals surface area contributed by atoms with E-state index >= 15 is 0 Å². The Labute approximate surface area is 103 Å². The Kier molecular flexibility index (Phi) is 2.77. The lowest BCUT2D eigenvalue weighted by atomic mass is 10.2. The fourth-order valence-electron chi connectivity index (χ4n) is 1.97. The zero-order chi connectivity index (χ0) is 12.5. The normalized spacial score (nSPS) is 23.4. The zero-order valence-corrected chi connectivity index (χ0v) is 9.87. The molecule has 0 bridgehead atoms. The first-order valence-electron chi connectivity index (χ1n) is 5.77. The molecule has 0 radical (unpaired) electrons. The summed E-state index contributed by atoms with van der Waals surface area (Å²) in [6.45, 7) is 2.36. The van der Waals surface area contributed by atoms with E-state index in [0.717, 1.165) is 0 Å². The van der Waals surface area contributed by atoms with Gasteiger partial charge in [-0.2, -0.15) is 4.98 Å². The lowest BCUT2D eigenvalue weighted by molar-refractivity contribution is 0.191. The first kappa shape index (κ1) is 11.2. The van der Waals surface area contributed by atoms with Crippen LogP contribution in [0.5, 0.6) is 0 Å². The average molecular weight is 247 g/mol. The molecule has 7 nitrogen and oxygen atoms in total. The van der Waals surface area contributed by atoms with Crippen LogP contribution in [0.3, 0.4) is 0 Å². The lowest BCUT2D eigenvalue weighted by Crippen LogP contribution is -2.15.